The molecule has 0 radical (unpaired) electrons. The van der Waals surface area contributed by atoms with Gasteiger partial charge >= 0.3 is 0 Å². The van der Waals surface area contributed by atoms with Gasteiger partial charge < -0.3 is 24.7 Å². The number of ether oxygens (including phenoxy) is 2. The summed E-state index contributed by atoms with van der Waals surface area (Å²) in [6.45, 7) is 8.04. The zero-order chi connectivity index (χ0) is 26.2. The monoisotopic (exact) mass is 515 g/mol. The van der Waals surface area contributed by atoms with Crippen LogP contribution in [0.4, 0.5) is 15.8 Å². The molecule has 0 aliphatic rings. The second-order valence-electron chi connectivity index (χ2n) is 8.49. The molecule has 1 heterocycles. The highest BCUT2D eigenvalue weighted by Crippen LogP contribution is 2.29. The first-order valence-corrected chi connectivity index (χ1v) is 12.4. The summed E-state index contributed by atoms with van der Waals surface area (Å²) in [6.07, 6.45) is -0.434. The summed E-state index contributed by atoms with van der Waals surface area (Å²) < 4.78 is 26.3. The van der Waals surface area contributed by atoms with E-state index in [1.165, 1.54) is 37.9 Å². The van der Waals surface area contributed by atoms with Crippen LogP contribution in [0.3, 0.4) is 0 Å². The molecular weight excluding hydrogens is 485 g/mol. The van der Waals surface area contributed by atoms with Crippen molar-refractivity contribution in [3.8, 4) is 11.5 Å². The van der Waals surface area contributed by atoms with Crippen molar-refractivity contribution in [2.75, 3.05) is 23.5 Å². The van der Waals surface area contributed by atoms with Crippen LogP contribution in [-0.4, -0.2) is 39.4 Å². The van der Waals surface area contributed by atoms with Crippen LogP contribution >= 0.6 is 11.8 Å². The first kappa shape index (κ1) is 27.0. The Morgan fingerprint density at radius 1 is 1.08 bits per heavy atom. The van der Waals surface area contributed by atoms with Crippen molar-refractivity contribution >= 4 is 35.0 Å². The molecule has 0 spiro atoms. The standard InChI is InChI=1S/C25H30FN5O4S/c1-15(2)13-31-24(16(3)35-20-9-6-18(26)7-10-20)29-30-25(31)36-14-23(33)28-19-8-11-22(34-5)21(12-19)27-17(4)32/h6-12,15-16H,13-14H2,1-5H3,(H,27,32)(H,28,33). The summed E-state index contributed by atoms with van der Waals surface area (Å²) in [6, 6.07) is 10.8. The molecule has 11 heteroatoms. The number of rotatable bonds is 11. The van der Waals surface area contributed by atoms with Crippen LogP contribution in [0.5, 0.6) is 11.5 Å². The first-order chi connectivity index (χ1) is 17.2. The number of halogens is 1. The van der Waals surface area contributed by atoms with Crippen molar-refractivity contribution < 1.29 is 23.5 Å². The second-order valence-corrected chi connectivity index (χ2v) is 9.43. The summed E-state index contributed by atoms with van der Waals surface area (Å²) in [5, 5.41) is 14.7. The zero-order valence-corrected chi connectivity index (χ0v) is 21.7. The van der Waals surface area contributed by atoms with Gasteiger partial charge in [0, 0.05) is 19.2 Å². The van der Waals surface area contributed by atoms with Gasteiger partial charge in [-0.05, 0) is 55.3 Å². The summed E-state index contributed by atoms with van der Waals surface area (Å²) in [7, 11) is 1.50. The minimum atomic E-state index is -0.434. The number of methoxy groups -OCH3 is 1. The maximum atomic E-state index is 13.2. The fourth-order valence-electron chi connectivity index (χ4n) is 3.41. The number of carbonyl (C=O) groups excluding carboxylic acids is 2. The first-order valence-electron chi connectivity index (χ1n) is 11.4. The molecular formula is C25H30FN5O4S. The van der Waals surface area contributed by atoms with Gasteiger partial charge in [0.15, 0.2) is 17.1 Å². The van der Waals surface area contributed by atoms with Gasteiger partial charge in [0.2, 0.25) is 11.8 Å². The molecule has 1 atom stereocenters. The average molecular weight is 516 g/mol. The molecule has 3 rings (SSSR count). The molecule has 3 aromatic rings. The molecule has 0 fully saturated rings. The number of benzene rings is 2. The Morgan fingerprint density at radius 3 is 2.44 bits per heavy atom. The number of hydrogen-bond acceptors (Lipinski definition) is 7. The number of nitrogens with zero attached hydrogens (tertiary/aromatic N) is 3. The quantitative estimate of drug-likeness (QED) is 0.349. The maximum absolute atomic E-state index is 13.2. The van der Waals surface area contributed by atoms with Crippen molar-refractivity contribution in [3.63, 3.8) is 0 Å². The summed E-state index contributed by atoms with van der Waals surface area (Å²) in [5.41, 5.74) is 0.989. The molecule has 2 N–H and O–H groups in total. The Balaban J connectivity index is 1.69. The van der Waals surface area contributed by atoms with Crippen LogP contribution in [0.1, 0.15) is 39.6 Å². The van der Waals surface area contributed by atoms with Crippen molar-refractivity contribution in [3.05, 3.63) is 54.1 Å². The highest BCUT2D eigenvalue weighted by atomic mass is 32.2. The summed E-state index contributed by atoms with van der Waals surface area (Å²) in [4.78, 5) is 24.1. The number of carbonyl (C=O) groups is 2. The number of thioether (sulfide) groups is 1. The van der Waals surface area contributed by atoms with E-state index in [0.717, 1.165) is 0 Å². The second kappa shape index (κ2) is 12.4. The van der Waals surface area contributed by atoms with E-state index in [0.29, 0.717) is 46.3 Å². The molecule has 1 unspecified atom stereocenters. The van der Waals surface area contributed by atoms with Gasteiger partial charge in [0.25, 0.3) is 0 Å². The lowest BCUT2D eigenvalue weighted by Gasteiger charge is -2.18. The Bertz CT molecular complexity index is 1200. The van der Waals surface area contributed by atoms with Gasteiger partial charge in [-0.1, -0.05) is 25.6 Å². The van der Waals surface area contributed by atoms with Gasteiger partial charge in [-0.25, -0.2) is 4.39 Å². The van der Waals surface area contributed by atoms with Gasteiger partial charge in [0.05, 0.1) is 18.6 Å². The van der Waals surface area contributed by atoms with E-state index in [1.807, 2.05) is 11.5 Å². The van der Waals surface area contributed by atoms with Crippen LogP contribution in [0, 0.1) is 11.7 Å². The highest BCUT2D eigenvalue weighted by Gasteiger charge is 2.21. The van der Waals surface area contributed by atoms with Crippen molar-refractivity contribution in [2.45, 2.75) is 45.5 Å². The van der Waals surface area contributed by atoms with E-state index in [9.17, 15) is 14.0 Å². The third-order valence-electron chi connectivity index (χ3n) is 4.91. The fourth-order valence-corrected chi connectivity index (χ4v) is 4.17. The van der Waals surface area contributed by atoms with Crippen molar-refractivity contribution in [1.29, 1.82) is 0 Å². The van der Waals surface area contributed by atoms with E-state index in [-0.39, 0.29) is 23.4 Å². The maximum Gasteiger partial charge on any atom is 0.234 e. The van der Waals surface area contributed by atoms with Gasteiger partial charge in [-0.15, -0.1) is 10.2 Å². The normalized spacial score (nSPS) is 11.8. The minimum Gasteiger partial charge on any atom is -0.495 e. The van der Waals surface area contributed by atoms with Crippen molar-refractivity contribution in [2.24, 2.45) is 5.92 Å². The number of anilines is 2. The number of aromatic nitrogens is 3. The highest BCUT2D eigenvalue weighted by molar-refractivity contribution is 7.99. The summed E-state index contributed by atoms with van der Waals surface area (Å²) in [5.74, 6) is 1.21. The van der Waals surface area contributed by atoms with Crippen LogP contribution in [-0.2, 0) is 16.1 Å². The predicted molar refractivity (Wildman–Crippen MR) is 137 cm³/mol. The molecule has 36 heavy (non-hydrogen) atoms. The van der Waals surface area contributed by atoms with Crippen LogP contribution in [0.25, 0.3) is 0 Å². The van der Waals surface area contributed by atoms with E-state index in [4.69, 9.17) is 9.47 Å². The van der Waals surface area contributed by atoms with E-state index in [2.05, 4.69) is 34.7 Å². The molecule has 0 aliphatic carbocycles. The molecule has 2 aromatic carbocycles. The predicted octanol–water partition coefficient (Wildman–Crippen LogP) is 4.91. The zero-order valence-electron chi connectivity index (χ0n) is 20.9. The lowest BCUT2D eigenvalue weighted by Crippen LogP contribution is -2.17. The average Bonchev–Trinajstić information content (AvgIpc) is 3.21. The van der Waals surface area contributed by atoms with Gasteiger partial charge in [-0.2, -0.15) is 0 Å². The van der Waals surface area contributed by atoms with E-state index < -0.39 is 6.10 Å². The number of nitrogens with one attached hydrogen (secondary N) is 2. The molecule has 1 aromatic heterocycles. The van der Waals surface area contributed by atoms with Crippen LogP contribution in [0.2, 0.25) is 0 Å². The molecule has 9 nitrogen and oxygen atoms in total. The smallest absolute Gasteiger partial charge is 0.234 e. The van der Waals surface area contributed by atoms with Gasteiger partial charge in [-0.3, -0.25) is 9.59 Å². The minimum absolute atomic E-state index is 0.102. The summed E-state index contributed by atoms with van der Waals surface area (Å²) >= 11 is 1.26. The fraction of sp³-hybridized carbons (Fsp3) is 0.360. The molecule has 0 bridgehead atoms. The molecule has 192 valence electrons. The van der Waals surface area contributed by atoms with Crippen molar-refractivity contribution in [1.82, 2.24) is 14.8 Å². The van der Waals surface area contributed by atoms with E-state index >= 15 is 0 Å². The van der Waals surface area contributed by atoms with Gasteiger partial charge in [0.1, 0.15) is 17.3 Å². The lowest BCUT2D eigenvalue weighted by molar-refractivity contribution is -0.114. The lowest BCUT2D eigenvalue weighted by atomic mass is 10.2. The third-order valence-corrected chi connectivity index (χ3v) is 5.88. The van der Waals surface area contributed by atoms with Crippen LogP contribution in [0.15, 0.2) is 47.6 Å². The SMILES string of the molecule is COc1ccc(NC(=O)CSc2nnc(C(C)Oc3ccc(F)cc3)n2CC(C)C)cc1NC(C)=O. The molecule has 0 aliphatic heterocycles. The molecule has 2 amide bonds. The molecule has 0 saturated carbocycles. The number of hydrogen-bond donors (Lipinski definition) is 2. The Kier molecular flexibility index (Phi) is 9.29. The molecule has 0 saturated heterocycles. The topological polar surface area (TPSA) is 107 Å². The largest absolute Gasteiger partial charge is 0.495 e. The number of amides is 2. The van der Waals surface area contributed by atoms with E-state index in [1.54, 1.807) is 30.3 Å². The Morgan fingerprint density at radius 2 is 1.81 bits per heavy atom. The Hall–Kier alpha value is -3.60. The van der Waals surface area contributed by atoms with Crippen LogP contribution < -0.4 is 20.1 Å². The third kappa shape index (κ3) is 7.45. The Labute approximate surface area is 213 Å².